The van der Waals surface area contributed by atoms with Crippen LogP contribution in [0.1, 0.15) is 110 Å². The molecule has 0 aromatic heterocycles. The van der Waals surface area contributed by atoms with Gasteiger partial charge < -0.3 is 4.74 Å². The van der Waals surface area contributed by atoms with Gasteiger partial charge in [0.1, 0.15) is 20.4 Å². The molecule has 10 nitrogen and oxygen atoms in total. The largest absolute Gasteiger partial charge is 0.493 e. The molecule has 4 rings (SSSR count). The molecule has 0 amide bonds. The molecule has 0 unspecified atom stereocenters. The van der Waals surface area contributed by atoms with E-state index in [1.165, 1.54) is 107 Å². The predicted molar refractivity (Wildman–Crippen MR) is 202 cm³/mol. The Balaban J connectivity index is 0.00000417. The van der Waals surface area contributed by atoms with Crippen molar-refractivity contribution in [2.24, 2.45) is 0 Å². The topological polar surface area (TPSA) is 172 Å². The van der Waals surface area contributed by atoms with Crippen molar-refractivity contribution in [1.29, 1.82) is 0 Å². The number of hydrogen-bond acceptors (Lipinski definition) is 7. The van der Waals surface area contributed by atoms with Crippen LogP contribution in [0.3, 0.4) is 0 Å². The van der Waals surface area contributed by atoms with Crippen molar-refractivity contribution < 1.29 is 43.6 Å². The molecule has 16 heteroatoms. The van der Waals surface area contributed by atoms with Gasteiger partial charge in [0.2, 0.25) is 0 Å². The van der Waals surface area contributed by atoms with Crippen LogP contribution < -0.4 is 4.74 Å². The Morgan fingerprint density at radius 2 is 0.760 bits per heavy atom. The first kappa shape index (κ1) is 48.5. The second kappa shape index (κ2) is 22.1. The minimum absolute atomic E-state index is 0. The molecule has 0 aliphatic carbocycles. The molecular weight excluding hydrogens is 734 g/mol. The first-order valence-electron chi connectivity index (χ1n) is 16.6. The van der Waals surface area contributed by atoms with Gasteiger partial charge in [0, 0.05) is 127 Å². The second-order valence-corrected chi connectivity index (χ2v) is 16.6. The summed E-state index contributed by atoms with van der Waals surface area (Å²) >= 11 is 0. The Morgan fingerprint density at radius 1 is 0.460 bits per heavy atom. The molecule has 263 valence electrons. The van der Waals surface area contributed by atoms with Crippen LogP contribution in [0.15, 0.2) is 51.1 Å². The summed E-state index contributed by atoms with van der Waals surface area (Å²) in [5, 5.41) is 0.224. The maximum atomic E-state index is 12.4. The summed E-state index contributed by atoms with van der Waals surface area (Å²) in [7, 11) is -14.8. The van der Waals surface area contributed by atoms with Gasteiger partial charge in [-0.05, 0) is 18.6 Å². The molecular formula is C34H46Na3O10S3. The van der Waals surface area contributed by atoms with E-state index >= 15 is 0 Å². The van der Waals surface area contributed by atoms with E-state index in [-0.39, 0.29) is 128 Å². The predicted octanol–water partition coefficient (Wildman–Crippen LogP) is 7.82. The van der Waals surface area contributed by atoms with E-state index in [4.69, 9.17) is 4.74 Å². The van der Waals surface area contributed by atoms with Gasteiger partial charge in [0.25, 0.3) is 30.4 Å². The quantitative estimate of drug-likeness (QED) is 0.0328. The molecule has 0 bridgehead atoms. The Labute approximate surface area is 363 Å². The fraction of sp³-hybridized carbons (Fsp3) is 0.529. The molecule has 3 N–H and O–H groups in total. The number of rotatable bonds is 21. The number of unbranched alkanes of at least 4 members (excludes halogenated alkanes) is 15. The SMILES string of the molecule is CCCCCCCCCCCCCCCCCCOc1cc(S(=O)(=O)O)c2ccc3c(S(=O)(=O)O)cc(S(=O)(=O)O)c4ccc1c2c43.[Na].[Na].[Na]. The Morgan fingerprint density at radius 3 is 1.12 bits per heavy atom. The van der Waals surface area contributed by atoms with Crippen molar-refractivity contribution in [3.8, 4) is 5.75 Å². The molecule has 0 fully saturated rings. The third-order valence-electron chi connectivity index (χ3n) is 8.84. The van der Waals surface area contributed by atoms with Crippen molar-refractivity contribution in [2.75, 3.05) is 6.61 Å². The molecule has 0 spiro atoms. The third-order valence-corrected chi connectivity index (χ3v) is 11.5. The fourth-order valence-electron chi connectivity index (χ4n) is 6.46. The van der Waals surface area contributed by atoms with Crippen LogP contribution in [0.25, 0.3) is 32.3 Å². The van der Waals surface area contributed by atoms with Gasteiger partial charge in [-0.15, -0.1) is 0 Å². The third kappa shape index (κ3) is 13.0. The van der Waals surface area contributed by atoms with Gasteiger partial charge in [-0.25, -0.2) is 0 Å². The molecule has 50 heavy (non-hydrogen) atoms. The van der Waals surface area contributed by atoms with Crippen LogP contribution in [-0.4, -0.2) is 134 Å². The Bertz CT molecular complexity index is 1950. The molecule has 4 aromatic carbocycles. The summed E-state index contributed by atoms with van der Waals surface area (Å²) in [4.78, 5) is -2.06. The van der Waals surface area contributed by atoms with Crippen LogP contribution in [0.2, 0.25) is 0 Å². The van der Waals surface area contributed by atoms with E-state index in [1.54, 1.807) is 0 Å². The van der Waals surface area contributed by atoms with Crippen LogP contribution >= 0.6 is 0 Å². The molecule has 0 heterocycles. The van der Waals surface area contributed by atoms with E-state index in [0.29, 0.717) is 17.9 Å². The second-order valence-electron chi connectivity index (χ2n) is 12.4. The summed E-state index contributed by atoms with van der Waals surface area (Å²) in [6, 6.07) is 7.18. The maximum Gasteiger partial charge on any atom is 0.295 e. The van der Waals surface area contributed by atoms with E-state index in [9.17, 15) is 38.9 Å². The Hall–Kier alpha value is 0.450. The Kier molecular flexibility index (Phi) is 21.4. The summed E-state index contributed by atoms with van der Waals surface area (Å²) in [6.45, 7) is 2.49. The maximum absolute atomic E-state index is 12.4. The van der Waals surface area contributed by atoms with Gasteiger partial charge >= 0.3 is 0 Å². The minimum Gasteiger partial charge on any atom is -0.493 e. The fourth-order valence-corrected chi connectivity index (χ4v) is 8.67. The number of hydrogen-bond donors (Lipinski definition) is 3. The van der Waals surface area contributed by atoms with Crippen molar-refractivity contribution in [3.63, 3.8) is 0 Å². The van der Waals surface area contributed by atoms with Gasteiger partial charge in [0.05, 0.1) is 6.61 Å². The summed E-state index contributed by atoms with van der Waals surface area (Å²) in [6.07, 6.45) is 19.5. The first-order chi connectivity index (χ1) is 22.2. The monoisotopic (exact) mass is 779 g/mol. The zero-order valence-corrected chi connectivity index (χ0v) is 38.4. The van der Waals surface area contributed by atoms with Gasteiger partial charge in [-0.2, -0.15) is 25.3 Å². The van der Waals surface area contributed by atoms with Crippen molar-refractivity contribution in [1.82, 2.24) is 0 Å². The van der Waals surface area contributed by atoms with Gasteiger partial charge in [-0.3, -0.25) is 13.7 Å². The van der Waals surface area contributed by atoms with Crippen molar-refractivity contribution >= 4 is 151 Å². The average molecular weight is 780 g/mol. The minimum atomic E-state index is -4.97. The van der Waals surface area contributed by atoms with Crippen LogP contribution in [0.5, 0.6) is 5.75 Å². The van der Waals surface area contributed by atoms with E-state index in [0.717, 1.165) is 19.3 Å². The molecule has 3 radical (unpaired) electrons. The van der Waals surface area contributed by atoms with E-state index in [1.807, 2.05) is 0 Å². The molecule has 0 saturated heterocycles. The number of benzene rings is 4. The van der Waals surface area contributed by atoms with Crippen LogP contribution in [0.4, 0.5) is 0 Å². The number of ether oxygens (including phenoxy) is 1. The zero-order valence-electron chi connectivity index (χ0n) is 29.9. The van der Waals surface area contributed by atoms with Crippen LogP contribution in [0, 0.1) is 0 Å². The average Bonchev–Trinajstić information content (AvgIpc) is 2.99. The normalized spacial score (nSPS) is 12.2. The van der Waals surface area contributed by atoms with Crippen molar-refractivity contribution in [3.05, 3.63) is 36.4 Å². The molecule has 0 aliphatic heterocycles. The molecule has 0 aliphatic rings. The zero-order chi connectivity index (χ0) is 34.2. The standard InChI is InChI=1S/C34H46O10S3.3Na/c1-2-3-4-5-6-7-8-9-10-11-12-13-14-15-16-17-22-44-29-23-30(45(35,36)37)26-20-21-28-32(47(41,42)43)24-31(46(38,39)40)27-19-18-25(29)33(26)34(27)28;;;/h18-21,23-24H,2-17,22H2,1H3,(H,35,36,37)(H,38,39,40)(H,41,42,43);;;. The molecule has 0 saturated carbocycles. The van der Waals surface area contributed by atoms with Crippen LogP contribution in [-0.2, 0) is 30.4 Å². The summed E-state index contributed by atoms with van der Waals surface area (Å²) in [5.41, 5.74) is 0. The smallest absolute Gasteiger partial charge is 0.295 e. The van der Waals surface area contributed by atoms with Gasteiger partial charge in [-0.1, -0.05) is 121 Å². The van der Waals surface area contributed by atoms with E-state index < -0.39 is 45.0 Å². The summed E-state index contributed by atoms with van der Waals surface area (Å²) < 4.78 is 110. The first-order valence-corrected chi connectivity index (χ1v) is 20.9. The summed E-state index contributed by atoms with van der Waals surface area (Å²) in [5.74, 6) is 0.103. The van der Waals surface area contributed by atoms with Crippen molar-refractivity contribution in [2.45, 2.75) is 124 Å². The molecule has 4 aromatic rings. The van der Waals surface area contributed by atoms with E-state index in [2.05, 4.69) is 6.92 Å². The van der Waals surface area contributed by atoms with Gasteiger partial charge in [0.15, 0.2) is 0 Å². The molecule has 0 atom stereocenters.